The highest BCUT2D eigenvalue weighted by atomic mass is 79.9. The molecule has 0 saturated heterocycles. The lowest BCUT2D eigenvalue weighted by Crippen LogP contribution is -2.20. The Hall–Kier alpha value is -7.30. The minimum absolute atomic E-state index is 0.0169. The molecule has 0 aliphatic carbocycles. The largest absolute Gasteiger partial charge is 0.474 e. The normalized spacial score (nSPS) is 16.6. The van der Waals surface area contributed by atoms with Crippen molar-refractivity contribution in [2.24, 2.45) is 0 Å². The fourth-order valence-electron chi connectivity index (χ4n) is 9.00. The van der Waals surface area contributed by atoms with Gasteiger partial charge in [0.05, 0.1) is 24.2 Å². The number of nitro groups is 4. The van der Waals surface area contributed by atoms with Gasteiger partial charge in [-0.1, -0.05) is 186 Å². The summed E-state index contributed by atoms with van der Waals surface area (Å²) in [4.78, 5) is 43.6. The molecule has 0 N–H and O–H groups in total. The highest BCUT2D eigenvalue weighted by Crippen LogP contribution is 2.48. The Morgan fingerprint density at radius 2 is 0.682 bits per heavy atom. The Bertz CT molecular complexity index is 4090. The van der Waals surface area contributed by atoms with Gasteiger partial charge in [-0.2, -0.15) is 0 Å². The first-order valence-corrected chi connectivity index (χ1v) is 29.3. The lowest BCUT2D eigenvalue weighted by molar-refractivity contribution is -0.434. The zero-order valence-electron chi connectivity index (χ0n) is 42.8. The first-order valence-electron chi connectivity index (χ1n) is 24.6. The maximum atomic E-state index is 11.5. The second-order valence-corrected chi connectivity index (χ2v) is 23.3. The van der Waals surface area contributed by atoms with Gasteiger partial charge in [0.1, 0.15) is 23.0 Å². The number of nitrogens with zero attached hydrogens (tertiary/aromatic N) is 4. The number of hydrogen-bond acceptors (Lipinski definition) is 12. The molecule has 25 heteroatoms. The molecule has 4 aliphatic heterocycles. The van der Waals surface area contributed by atoms with E-state index in [0.717, 1.165) is 8.95 Å². The zero-order valence-corrected chi connectivity index (χ0v) is 52.1. The molecular formula is C60H35Br3Cl6N4O12. The molecule has 16 nitrogen and oxygen atoms in total. The van der Waals surface area contributed by atoms with Crippen LogP contribution >= 0.6 is 117 Å². The second-order valence-electron chi connectivity index (χ2n) is 18.2. The molecule has 12 rings (SSSR count). The number of ether oxygens (including phenoxy) is 4. The number of para-hydroxylation sites is 2. The highest BCUT2D eigenvalue weighted by molar-refractivity contribution is 9.11. The summed E-state index contributed by atoms with van der Waals surface area (Å²) in [7, 11) is 0. The van der Waals surface area contributed by atoms with Gasteiger partial charge in [0.25, 0.3) is 22.8 Å². The van der Waals surface area contributed by atoms with E-state index in [1.807, 2.05) is 18.2 Å². The molecule has 0 bridgehead atoms. The van der Waals surface area contributed by atoms with E-state index in [4.69, 9.17) is 88.6 Å². The standard InChI is InChI=1S/C15H7Br2Cl2NO3.C15H9BrClNO3.C15H9Cl2NO3.C15H10ClNO3/c16-8-4-7-5-12(20(21)22)15(23-14(7)9(17)6-8)13-10(18)2-1-3-11(13)19;16-10-5-6-14-9(7-10)8-13(18(19)20)15(21-14)11-3-1-2-4-12(11)17;16-10-5-3-6-11(17)14(10)15-12(18(19)20)8-9-4-1-2-7-13(9)21-15;16-12-7-3-2-6-11(12)15-13(17(18)19)9-10-5-1-4-8-14(10)20-15/h1-6,15H;2*1-8,15H;1-9,15H/t4*15-/m1010/s1. The van der Waals surface area contributed by atoms with Gasteiger partial charge in [-0.3, -0.25) is 40.5 Å². The molecule has 430 valence electrons. The van der Waals surface area contributed by atoms with Crippen LogP contribution < -0.4 is 18.9 Å². The summed E-state index contributed by atoms with van der Waals surface area (Å²) in [5, 5.41) is 47.6. The molecule has 85 heavy (non-hydrogen) atoms. The molecule has 8 aromatic carbocycles. The summed E-state index contributed by atoms with van der Waals surface area (Å²) in [6.45, 7) is 0. The van der Waals surface area contributed by atoms with Gasteiger partial charge < -0.3 is 18.9 Å². The first-order chi connectivity index (χ1) is 40.7. The third-order valence-electron chi connectivity index (χ3n) is 12.8. The fraction of sp³-hybridized carbons (Fsp3) is 0.0667. The number of rotatable bonds is 8. The monoisotopic (exact) mass is 1450 g/mol. The van der Waals surface area contributed by atoms with Gasteiger partial charge >= 0.3 is 0 Å². The minimum Gasteiger partial charge on any atom is -0.474 e. The maximum Gasteiger partial charge on any atom is 0.291 e. The van der Waals surface area contributed by atoms with Gasteiger partial charge in [0, 0.05) is 108 Å². The smallest absolute Gasteiger partial charge is 0.291 e. The molecule has 0 radical (unpaired) electrons. The van der Waals surface area contributed by atoms with Crippen molar-refractivity contribution < 1.29 is 38.6 Å². The summed E-state index contributed by atoms with van der Waals surface area (Å²) in [6.07, 6.45) is 2.48. The van der Waals surface area contributed by atoms with Gasteiger partial charge in [-0.25, -0.2) is 0 Å². The summed E-state index contributed by atoms with van der Waals surface area (Å²) in [5.74, 6) is 2.26. The highest BCUT2D eigenvalue weighted by Gasteiger charge is 2.39. The zero-order chi connectivity index (χ0) is 60.8. The van der Waals surface area contributed by atoms with Crippen molar-refractivity contribution in [1.82, 2.24) is 0 Å². The van der Waals surface area contributed by atoms with Gasteiger partial charge in [-0.15, -0.1) is 0 Å². The van der Waals surface area contributed by atoms with E-state index in [1.54, 1.807) is 146 Å². The Morgan fingerprint density at radius 1 is 0.341 bits per heavy atom. The van der Waals surface area contributed by atoms with Crippen molar-refractivity contribution in [3.8, 4) is 23.0 Å². The van der Waals surface area contributed by atoms with Crippen LogP contribution in [0.15, 0.2) is 200 Å². The lowest BCUT2D eigenvalue weighted by Gasteiger charge is -2.25. The molecule has 4 aliphatic rings. The van der Waals surface area contributed by atoms with E-state index in [9.17, 15) is 40.5 Å². The molecule has 0 amide bonds. The molecule has 0 aromatic heterocycles. The van der Waals surface area contributed by atoms with Crippen LogP contribution in [0.1, 0.15) is 68.9 Å². The molecule has 4 atom stereocenters. The number of halogens is 9. The summed E-state index contributed by atoms with van der Waals surface area (Å²) < 4.78 is 25.5. The SMILES string of the molecule is O=[N+]([O-])C1=Cc2cc(Br)cc(Br)c2O[C@H]1c1c(Cl)cccc1Cl.O=[N+]([O-])C1=Cc2cc(Br)ccc2O[C@H]1c1ccccc1Cl.O=[N+]([O-])C1=Cc2ccccc2O[C@H]1c1c(Cl)cccc1Cl.O=[N+]([O-])C1=Cc2ccccc2O[C@H]1c1ccccc1Cl. The van der Waals surface area contributed by atoms with E-state index in [-0.39, 0.29) is 22.8 Å². The summed E-state index contributed by atoms with van der Waals surface area (Å²) in [6, 6.07) is 47.0. The summed E-state index contributed by atoms with van der Waals surface area (Å²) in [5.41, 5.74) is 4.29. The van der Waals surface area contributed by atoms with Crippen molar-refractivity contribution >= 4 is 142 Å². The van der Waals surface area contributed by atoms with E-state index in [2.05, 4.69) is 47.8 Å². The van der Waals surface area contributed by atoms with Crippen LogP contribution in [-0.2, 0) is 0 Å². The average molecular weight is 1460 g/mol. The fourth-order valence-corrected chi connectivity index (χ4v) is 12.4. The molecule has 0 fully saturated rings. The average Bonchev–Trinajstić information content (AvgIpc) is 3.19. The van der Waals surface area contributed by atoms with E-state index in [0.29, 0.717) is 102 Å². The van der Waals surface area contributed by atoms with Gasteiger partial charge in [-0.05, 0) is 94.8 Å². The Balaban J connectivity index is 0.000000136. The van der Waals surface area contributed by atoms with Crippen LogP contribution in [0.2, 0.25) is 30.1 Å². The third kappa shape index (κ3) is 14.2. The van der Waals surface area contributed by atoms with Gasteiger partial charge in [0.15, 0.2) is 0 Å². The summed E-state index contributed by atoms with van der Waals surface area (Å²) >= 11 is 47.0. The van der Waals surface area contributed by atoms with Crippen LogP contribution in [0.25, 0.3) is 24.3 Å². The molecule has 0 spiro atoms. The van der Waals surface area contributed by atoms with Crippen molar-refractivity contribution in [2.45, 2.75) is 24.4 Å². The van der Waals surface area contributed by atoms with Crippen molar-refractivity contribution in [3.05, 3.63) is 315 Å². The van der Waals surface area contributed by atoms with Crippen molar-refractivity contribution in [3.63, 3.8) is 0 Å². The lowest BCUT2D eigenvalue weighted by atomic mass is 10.0. The van der Waals surface area contributed by atoms with E-state index >= 15 is 0 Å². The number of benzene rings is 8. The molecule has 8 aromatic rings. The maximum absolute atomic E-state index is 11.5. The van der Waals surface area contributed by atoms with Crippen molar-refractivity contribution in [2.75, 3.05) is 0 Å². The predicted molar refractivity (Wildman–Crippen MR) is 338 cm³/mol. The van der Waals surface area contributed by atoms with Crippen LogP contribution in [0.4, 0.5) is 0 Å². The van der Waals surface area contributed by atoms with Crippen LogP contribution in [0.5, 0.6) is 23.0 Å². The van der Waals surface area contributed by atoms with Crippen LogP contribution in [-0.4, -0.2) is 19.7 Å². The van der Waals surface area contributed by atoms with E-state index < -0.39 is 44.1 Å². The Kier molecular flexibility index (Phi) is 20.0. The number of fused-ring (bicyclic) bond motifs is 4. The third-order valence-corrected chi connectivity index (χ3v) is 16.4. The van der Waals surface area contributed by atoms with E-state index in [1.165, 1.54) is 24.3 Å². The predicted octanol–water partition coefficient (Wildman–Crippen LogP) is 20.0. The van der Waals surface area contributed by atoms with Crippen LogP contribution in [0, 0.1) is 40.5 Å². The van der Waals surface area contributed by atoms with Gasteiger partial charge in [0.2, 0.25) is 24.4 Å². The topological polar surface area (TPSA) is 209 Å². The molecule has 4 heterocycles. The Labute approximate surface area is 538 Å². The molecule has 0 saturated carbocycles. The molecular weight excluding hydrogens is 1420 g/mol. The quantitative estimate of drug-likeness (QED) is 0.103. The molecule has 0 unspecified atom stereocenters. The van der Waals surface area contributed by atoms with Crippen LogP contribution in [0.3, 0.4) is 0 Å². The Morgan fingerprint density at radius 3 is 1.13 bits per heavy atom. The minimum atomic E-state index is -0.990. The van der Waals surface area contributed by atoms with Crippen molar-refractivity contribution in [1.29, 1.82) is 0 Å². The first kappa shape index (κ1) is 62.2. The second kappa shape index (κ2) is 27.4. The number of hydrogen-bond donors (Lipinski definition) is 0.